The van der Waals surface area contributed by atoms with E-state index >= 15 is 0 Å². The van der Waals surface area contributed by atoms with E-state index in [1.165, 1.54) is 0 Å². The minimum absolute atomic E-state index is 0.266. The van der Waals surface area contributed by atoms with Gasteiger partial charge in [-0.1, -0.05) is 17.8 Å². The number of thioether (sulfide) groups is 1. The molecule has 1 aromatic carbocycles. The van der Waals surface area contributed by atoms with Crippen LogP contribution in [0.15, 0.2) is 28.4 Å². The number of carbonyl (C=O) groups excluding carboxylic acids is 2. The molecule has 1 unspecified atom stereocenters. The molecular formula is C20H24N4O5S. The maximum Gasteiger partial charge on any atom is 0.414 e. The van der Waals surface area contributed by atoms with Crippen LogP contribution in [0.2, 0.25) is 0 Å². The standard InChI is InChI=1S/C20H24N4O5S/c1-20(2,3)29-19(28)24-8-4-5-13-9-12(6-7-14(13)24)11-21-23-18-22-17(27)15(30-18)10-16(25)26/h6-7,9,11,15H,4-5,8,10H2,1-3H3,(H,25,26)(H,22,23,27). The third kappa shape index (κ3) is 5.59. The second-order valence-electron chi connectivity index (χ2n) is 7.97. The fourth-order valence-corrected chi connectivity index (χ4v) is 4.01. The van der Waals surface area contributed by atoms with Crippen molar-refractivity contribution in [2.45, 2.75) is 50.9 Å². The summed E-state index contributed by atoms with van der Waals surface area (Å²) in [5.41, 5.74) is 2.10. The van der Waals surface area contributed by atoms with Crippen LogP contribution in [0, 0.1) is 0 Å². The van der Waals surface area contributed by atoms with E-state index in [-0.39, 0.29) is 23.6 Å². The topological polar surface area (TPSA) is 121 Å². The Balaban J connectivity index is 1.69. The van der Waals surface area contributed by atoms with Crippen LogP contribution >= 0.6 is 11.8 Å². The summed E-state index contributed by atoms with van der Waals surface area (Å²) in [6, 6.07) is 5.64. The van der Waals surface area contributed by atoms with E-state index in [1.807, 2.05) is 39.0 Å². The van der Waals surface area contributed by atoms with Crippen molar-refractivity contribution in [1.82, 2.24) is 5.32 Å². The smallest absolute Gasteiger partial charge is 0.414 e. The molecular weight excluding hydrogens is 408 g/mol. The number of aliphatic carboxylic acids is 1. The number of nitrogens with one attached hydrogen (secondary N) is 1. The highest BCUT2D eigenvalue weighted by Crippen LogP contribution is 2.29. The van der Waals surface area contributed by atoms with Crippen molar-refractivity contribution in [2.75, 3.05) is 11.4 Å². The van der Waals surface area contributed by atoms with Gasteiger partial charge in [0.1, 0.15) is 10.9 Å². The van der Waals surface area contributed by atoms with Gasteiger partial charge in [-0.05, 0) is 56.9 Å². The number of hydrogen-bond acceptors (Lipinski definition) is 7. The van der Waals surface area contributed by atoms with Crippen molar-refractivity contribution < 1.29 is 24.2 Å². The van der Waals surface area contributed by atoms with Crippen molar-refractivity contribution in [1.29, 1.82) is 0 Å². The number of nitrogens with zero attached hydrogens (tertiary/aromatic N) is 3. The maximum atomic E-state index is 12.5. The third-order valence-corrected chi connectivity index (χ3v) is 5.40. The highest BCUT2D eigenvalue weighted by Gasteiger charge is 2.32. The van der Waals surface area contributed by atoms with Gasteiger partial charge in [-0.2, -0.15) is 5.10 Å². The Kier molecular flexibility index (Phi) is 6.45. The first kappa shape index (κ1) is 21.8. The van der Waals surface area contributed by atoms with Crippen molar-refractivity contribution in [3.8, 4) is 0 Å². The minimum Gasteiger partial charge on any atom is -0.481 e. The van der Waals surface area contributed by atoms with Gasteiger partial charge in [0, 0.05) is 6.54 Å². The van der Waals surface area contributed by atoms with Crippen LogP contribution in [0.4, 0.5) is 10.5 Å². The van der Waals surface area contributed by atoms with E-state index in [0.29, 0.717) is 6.54 Å². The fourth-order valence-electron chi connectivity index (χ4n) is 3.10. The van der Waals surface area contributed by atoms with Gasteiger partial charge in [0.25, 0.3) is 0 Å². The van der Waals surface area contributed by atoms with E-state index in [9.17, 15) is 14.4 Å². The summed E-state index contributed by atoms with van der Waals surface area (Å²) in [6.45, 7) is 6.13. The van der Waals surface area contributed by atoms with Crippen molar-refractivity contribution in [3.05, 3.63) is 29.3 Å². The molecule has 1 saturated heterocycles. The molecule has 0 radical (unpaired) electrons. The van der Waals surface area contributed by atoms with Crippen LogP contribution in [0.5, 0.6) is 0 Å². The summed E-state index contributed by atoms with van der Waals surface area (Å²) in [5.74, 6) is -1.42. The number of carbonyl (C=O) groups is 3. The van der Waals surface area contributed by atoms with Crippen molar-refractivity contribution in [3.63, 3.8) is 0 Å². The van der Waals surface area contributed by atoms with Crippen molar-refractivity contribution >= 4 is 46.8 Å². The Morgan fingerprint density at radius 2 is 2.17 bits per heavy atom. The number of fused-ring (bicyclic) bond motifs is 1. The number of carboxylic acid groups (broad SMARTS) is 1. The molecule has 9 nitrogen and oxygen atoms in total. The third-order valence-electron chi connectivity index (χ3n) is 4.33. The van der Waals surface area contributed by atoms with Gasteiger partial charge in [0.2, 0.25) is 5.91 Å². The van der Waals surface area contributed by atoms with Gasteiger partial charge in [0.15, 0.2) is 5.17 Å². The van der Waals surface area contributed by atoms with E-state index < -0.39 is 16.8 Å². The molecule has 0 spiro atoms. The molecule has 2 N–H and O–H groups in total. The Hall–Kier alpha value is -2.88. The first-order chi connectivity index (χ1) is 14.1. The number of benzene rings is 1. The molecule has 30 heavy (non-hydrogen) atoms. The molecule has 0 aliphatic carbocycles. The van der Waals surface area contributed by atoms with E-state index in [4.69, 9.17) is 9.84 Å². The average Bonchev–Trinajstić information content (AvgIpc) is 2.98. The van der Waals surface area contributed by atoms with E-state index in [0.717, 1.165) is 41.4 Å². The number of anilines is 1. The maximum absolute atomic E-state index is 12.5. The summed E-state index contributed by atoms with van der Waals surface area (Å²) in [4.78, 5) is 36.6. The normalized spacial score (nSPS) is 20.4. The lowest BCUT2D eigenvalue weighted by Crippen LogP contribution is -2.39. The minimum atomic E-state index is -1.04. The first-order valence-electron chi connectivity index (χ1n) is 9.56. The molecule has 1 fully saturated rings. The lowest BCUT2D eigenvalue weighted by molar-refractivity contribution is -0.138. The lowest BCUT2D eigenvalue weighted by atomic mass is 10.00. The fraction of sp³-hybridized carbons (Fsp3) is 0.450. The number of rotatable bonds is 4. The SMILES string of the molecule is CC(C)(C)OC(=O)N1CCCc2cc(C=NN=C3NC(=O)C(CC(=O)O)S3)ccc21. The Morgan fingerprint density at radius 1 is 1.40 bits per heavy atom. The molecule has 1 aromatic rings. The van der Waals surface area contributed by atoms with Gasteiger partial charge >= 0.3 is 12.1 Å². The number of aryl methyl sites for hydroxylation is 1. The molecule has 160 valence electrons. The van der Waals surface area contributed by atoms with Crippen LogP contribution in [-0.2, 0) is 20.7 Å². The van der Waals surface area contributed by atoms with Crippen LogP contribution in [0.1, 0.15) is 44.7 Å². The number of ether oxygens (including phenoxy) is 1. The molecule has 1 atom stereocenters. The zero-order valence-corrected chi connectivity index (χ0v) is 17.9. The molecule has 3 rings (SSSR count). The van der Waals surface area contributed by atoms with Gasteiger partial charge in [-0.3, -0.25) is 14.5 Å². The molecule has 0 aromatic heterocycles. The number of carboxylic acids is 1. The largest absolute Gasteiger partial charge is 0.481 e. The monoisotopic (exact) mass is 432 g/mol. The molecule has 0 bridgehead atoms. The zero-order valence-electron chi connectivity index (χ0n) is 17.0. The second kappa shape index (κ2) is 8.86. The molecule has 2 amide bonds. The quantitative estimate of drug-likeness (QED) is 0.557. The Bertz CT molecular complexity index is 922. The van der Waals surface area contributed by atoms with Crippen LogP contribution < -0.4 is 10.2 Å². The summed E-state index contributed by atoms with van der Waals surface area (Å²) < 4.78 is 5.50. The highest BCUT2D eigenvalue weighted by molar-refractivity contribution is 8.15. The second-order valence-corrected chi connectivity index (χ2v) is 9.16. The summed E-state index contributed by atoms with van der Waals surface area (Å²) >= 11 is 1.05. The Morgan fingerprint density at radius 3 is 2.87 bits per heavy atom. The predicted molar refractivity (Wildman–Crippen MR) is 115 cm³/mol. The van der Waals surface area contributed by atoms with Gasteiger partial charge in [0.05, 0.1) is 18.3 Å². The molecule has 2 aliphatic heterocycles. The highest BCUT2D eigenvalue weighted by atomic mass is 32.2. The average molecular weight is 433 g/mol. The Labute approximate surface area is 178 Å². The van der Waals surface area contributed by atoms with E-state index in [2.05, 4.69) is 15.5 Å². The lowest BCUT2D eigenvalue weighted by Gasteiger charge is -2.31. The molecule has 0 saturated carbocycles. The van der Waals surface area contributed by atoms with Gasteiger partial charge in [-0.15, -0.1) is 5.10 Å². The van der Waals surface area contributed by atoms with Gasteiger partial charge < -0.3 is 15.2 Å². The number of amides is 2. The predicted octanol–water partition coefficient (Wildman–Crippen LogP) is 2.77. The summed E-state index contributed by atoms with van der Waals surface area (Å²) in [5, 5.41) is 18.9. The molecule has 2 aliphatic rings. The first-order valence-corrected chi connectivity index (χ1v) is 10.4. The van der Waals surface area contributed by atoms with E-state index in [1.54, 1.807) is 11.1 Å². The van der Waals surface area contributed by atoms with Crippen LogP contribution in [0.25, 0.3) is 0 Å². The number of amidine groups is 1. The van der Waals surface area contributed by atoms with Gasteiger partial charge in [-0.25, -0.2) is 4.79 Å². The molecule has 2 heterocycles. The number of hydrogen-bond donors (Lipinski definition) is 2. The summed E-state index contributed by atoms with van der Waals surface area (Å²) in [7, 11) is 0. The van der Waals surface area contributed by atoms with Crippen LogP contribution in [0.3, 0.4) is 0 Å². The zero-order chi connectivity index (χ0) is 21.9. The molecule has 10 heteroatoms. The van der Waals surface area contributed by atoms with Crippen molar-refractivity contribution in [2.24, 2.45) is 10.2 Å². The van der Waals surface area contributed by atoms with Crippen LogP contribution in [-0.4, -0.2) is 51.9 Å². The summed E-state index contributed by atoms with van der Waals surface area (Å²) in [6.07, 6.45) is 2.60.